The third-order valence-corrected chi connectivity index (χ3v) is 3.37. The summed E-state index contributed by atoms with van der Waals surface area (Å²) in [5, 5.41) is 4.36. The zero-order valence-corrected chi connectivity index (χ0v) is 13.9. The number of benzene rings is 2. The van der Waals surface area contributed by atoms with Crippen LogP contribution in [0.15, 0.2) is 47.6 Å². The fraction of sp³-hybridized carbons (Fsp3) is 0.176. The number of hydrogen-bond acceptors (Lipinski definition) is 4. The van der Waals surface area contributed by atoms with Crippen molar-refractivity contribution in [3.63, 3.8) is 0 Å². The number of ether oxygens (including phenoxy) is 2. The SMILES string of the molecule is CCOc1cc(/C=N/NC(N)=O)ccc1OCc1ccccc1Cl. The van der Waals surface area contributed by atoms with E-state index in [0.717, 1.165) is 11.1 Å². The van der Waals surface area contributed by atoms with Crippen LogP contribution >= 0.6 is 11.6 Å². The molecule has 24 heavy (non-hydrogen) atoms. The number of carbonyl (C=O) groups excluding carboxylic acids is 1. The van der Waals surface area contributed by atoms with Crippen LogP contribution in [0.25, 0.3) is 0 Å². The minimum Gasteiger partial charge on any atom is -0.490 e. The molecule has 6 nitrogen and oxygen atoms in total. The summed E-state index contributed by atoms with van der Waals surface area (Å²) >= 11 is 6.13. The largest absolute Gasteiger partial charge is 0.490 e. The van der Waals surface area contributed by atoms with Gasteiger partial charge < -0.3 is 15.2 Å². The summed E-state index contributed by atoms with van der Waals surface area (Å²) in [5.41, 5.74) is 8.70. The molecule has 0 saturated carbocycles. The first-order valence-electron chi connectivity index (χ1n) is 7.31. The fourth-order valence-corrected chi connectivity index (χ4v) is 2.12. The van der Waals surface area contributed by atoms with Crippen LogP contribution < -0.4 is 20.6 Å². The van der Waals surface area contributed by atoms with Crippen molar-refractivity contribution in [1.82, 2.24) is 5.43 Å². The van der Waals surface area contributed by atoms with Crippen molar-refractivity contribution in [1.29, 1.82) is 0 Å². The molecular formula is C17H18ClN3O3. The third-order valence-electron chi connectivity index (χ3n) is 3.00. The number of hydrogen-bond donors (Lipinski definition) is 2. The summed E-state index contributed by atoms with van der Waals surface area (Å²) in [5.74, 6) is 1.17. The molecule has 0 aliphatic rings. The van der Waals surface area contributed by atoms with Crippen molar-refractivity contribution in [2.75, 3.05) is 6.61 Å². The number of halogens is 1. The predicted molar refractivity (Wildman–Crippen MR) is 93.7 cm³/mol. The van der Waals surface area contributed by atoms with Crippen LogP contribution in [0.4, 0.5) is 4.79 Å². The van der Waals surface area contributed by atoms with Gasteiger partial charge in [-0.2, -0.15) is 5.10 Å². The lowest BCUT2D eigenvalue weighted by molar-refractivity contribution is 0.249. The molecule has 2 rings (SSSR count). The number of nitrogens with two attached hydrogens (primary N) is 1. The summed E-state index contributed by atoms with van der Waals surface area (Å²) in [4.78, 5) is 10.6. The van der Waals surface area contributed by atoms with Crippen LogP contribution in [-0.4, -0.2) is 18.9 Å². The van der Waals surface area contributed by atoms with Crippen LogP contribution in [0.2, 0.25) is 5.02 Å². The summed E-state index contributed by atoms with van der Waals surface area (Å²) < 4.78 is 11.4. The molecule has 126 valence electrons. The van der Waals surface area contributed by atoms with Crippen molar-refractivity contribution < 1.29 is 14.3 Å². The van der Waals surface area contributed by atoms with Gasteiger partial charge in [-0.3, -0.25) is 0 Å². The Balaban J connectivity index is 2.12. The molecule has 0 aliphatic carbocycles. The molecule has 0 fully saturated rings. The van der Waals surface area contributed by atoms with Gasteiger partial charge in [0.15, 0.2) is 11.5 Å². The average Bonchev–Trinajstić information content (AvgIpc) is 2.55. The van der Waals surface area contributed by atoms with Crippen LogP contribution in [0.5, 0.6) is 11.5 Å². The number of urea groups is 1. The molecule has 0 atom stereocenters. The first kappa shape index (κ1) is 17.6. The Labute approximate surface area is 145 Å². The quantitative estimate of drug-likeness (QED) is 0.595. The molecule has 2 aromatic rings. The molecule has 0 heterocycles. The van der Waals surface area contributed by atoms with Crippen molar-refractivity contribution >= 4 is 23.8 Å². The number of nitrogens with zero attached hydrogens (tertiary/aromatic N) is 1. The van der Waals surface area contributed by atoms with E-state index >= 15 is 0 Å². The number of primary amides is 1. The zero-order valence-electron chi connectivity index (χ0n) is 13.2. The molecular weight excluding hydrogens is 330 g/mol. The van der Waals surface area contributed by atoms with Gasteiger partial charge in [-0.1, -0.05) is 29.8 Å². The number of amides is 2. The third kappa shape index (κ3) is 5.17. The van der Waals surface area contributed by atoms with E-state index in [9.17, 15) is 4.79 Å². The number of carbonyl (C=O) groups is 1. The maximum atomic E-state index is 10.6. The lowest BCUT2D eigenvalue weighted by atomic mass is 10.2. The smallest absolute Gasteiger partial charge is 0.332 e. The second-order valence-corrected chi connectivity index (χ2v) is 5.16. The average molecular weight is 348 g/mol. The van der Waals surface area contributed by atoms with Gasteiger partial charge in [-0.15, -0.1) is 0 Å². The van der Waals surface area contributed by atoms with Crippen molar-refractivity contribution in [2.45, 2.75) is 13.5 Å². The molecule has 0 saturated heterocycles. The highest BCUT2D eigenvalue weighted by Gasteiger charge is 2.07. The van der Waals surface area contributed by atoms with E-state index in [0.29, 0.717) is 29.7 Å². The van der Waals surface area contributed by atoms with Gasteiger partial charge in [0.1, 0.15) is 6.61 Å². The van der Waals surface area contributed by atoms with Crippen molar-refractivity contribution in [3.8, 4) is 11.5 Å². The van der Waals surface area contributed by atoms with E-state index in [4.69, 9.17) is 26.8 Å². The second kappa shape index (κ2) is 8.79. The summed E-state index contributed by atoms with van der Waals surface area (Å²) in [7, 11) is 0. The van der Waals surface area contributed by atoms with Crippen LogP contribution in [-0.2, 0) is 6.61 Å². The van der Waals surface area contributed by atoms with Crippen LogP contribution in [0.3, 0.4) is 0 Å². The highest BCUT2D eigenvalue weighted by Crippen LogP contribution is 2.29. The normalized spacial score (nSPS) is 10.6. The Kier molecular flexibility index (Phi) is 6.45. The van der Waals surface area contributed by atoms with Gasteiger partial charge in [-0.25, -0.2) is 10.2 Å². The maximum Gasteiger partial charge on any atom is 0.332 e. The maximum absolute atomic E-state index is 10.6. The Bertz CT molecular complexity index is 735. The fourth-order valence-electron chi connectivity index (χ4n) is 1.93. The molecule has 3 N–H and O–H groups in total. The first-order valence-corrected chi connectivity index (χ1v) is 7.69. The number of rotatable bonds is 7. The molecule has 0 aromatic heterocycles. The van der Waals surface area contributed by atoms with Gasteiger partial charge in [0, 0.05) is 10.6 Å². The molecule has 0 unspecified atom stereocenters. The lowest BCUT2D eigenvalue weighted by Gasteiger charge is -2.13. The Morgan fingerprint density at radius 2 is 2.04 bits per heavy atom. The topological polar surface area (TPSA) is 85.9 Å². The molecule has 0 radical (unpaired) electrons. The second-order valence-electron chi connectivity index (χ2n) is 4.75. The van der Waals surface area contributed by atoms with Crippen LogP contribution in [0, 0.1) is 0 Å². The van der Waals surface area contributed by atoms with E-state index in [1.165, 1.54) is 6.21 Å². The summed E-state index contributed by atoms with van der Waals surface area (Å²) in [6, 6.07) is 12.1. The highest BCUT2D eigenvalue weighted by molar-refractivity contribution is 6.31. The van der Waals surface area contributed by atoms with E-state index in [2.05, 4.69) is 10.5 Å². The minimum atomic E-state index is -0.726. The molecule has 0 aliphatic heterocycles. The molecule has 0 spiro atoms. The zero-order chi connectivity index (χ0) is 17.4. The number of nitrogens with one attached hydrogen (secondary N) is 1. The van der Waals surface area contributed by atoms with E-state index in [-0.39, 0.29) is 0 Å². The van der Waals surface area contributed by atoms with Gasteiger partial charge in [0.25, 0.3) is 0 Å². The highest BCUT2D eigenvalue weighted by atomic mass is 35.5. The molecule has 2 amide bonds. The van der Waals surface area contributed by atoms with Crippen molar-refractivity contribution in [2.24, 2.45) is 10.8 Å². The predicted octanol–water partition coefficient (Wildman–Crippen LogP) is 3.32. The number of hydrazone groups is 1. The van der Waals surface area contributed by atoms with Crippen LogP contribution in [0.1, 0.15) is 18.1 Å². The Hall–Kier alpha value is -2.73. The Morgan fingerprint density at radius 1 is 1.25 bits per heavy atom. The lowest BCUT2D eigenvalue weighted by Crippen LogP contribution is -2.24. The first-order chi connectivity index (χ1) is 11.6. The van der Waals surface area contributed by atoms with E-state index in [1.54, 1.807) is 18.2 Å². The van der Waals surface area contributed by atoms with Gasteiger partial charge in [-0.05, 0) is 36.8 Å². The van der Waals surface area contributed by atoms with Crippen molar-refractivity contribution in [3.05, 3.63) is 58.6 Å². The van der Waals surface area contributed by atoms with Gasteiger partial charge >= 0.3 is 6.03 Å². The Morgan fingerprint density at radius 3 is 2.75 bits per heavy atom. The van der Waals surface area contributed by atoms with E-state index in [1.807, 2.05) is 31.2 Å². The summed E-state index contributed by atoms with van der Waals surface area (Å²) in [6.45, 7) is 2.70. The van der Waals surface area contributed by atoms with Gasteiger partial charge in [0.2, 0.25) is 0 Å². The molecule has 0 bridgehead atoms. The van der Waals surface area contributed by atoms with Gasteiger partial charge in [0.05, 0.1) is 12.8 Å². The van der Waals surface area contributed by atoms with E-state index < -0.39 is 6.03 Å². The summed E-state index contributed by atoms with van der Waals surface area (Å²) in [6.07, 6.45) is 1.46. The molecule has 7 heteroatoms. The standard InChI is InChI=1S/C17H18ClN3O3/c1-2-23-16-9-12(10-20-21-17(19)22)7-8-15(16)24-11-13-5-3-4-6-14(13)18/h3-10H,2,11H2,1H3,(H3,19,21,22)/b20-10+. The monoisotopic (exact) mass is 347 g/mol. The minimum absolute atomic E-state index is 0.330. The molecule has 2 aromatic carbocycles.